The highest BCUT2D eigenvalue weighted by atomic mass is 79.9. The molecule has 0 saturated heterocycles. The quantitative estimate of drug-likeness (QED) is 0.807. The van der Waals surface area contributed by atoms with Crippen molar-refractivity contribution in [2.75, 3.05) is 0 Å². The minimum atomic E-state index is -0.987. The van der Waals surface area contributed by atoms with Crippen molar-refractivity contribution in [1.82, 2.24) is 0 Å². The largest absolute Gasteiger partial charge is 0.481 e. The number of rotatable bonds is 2. The Morgan fingerprint density at radius 1 is 0.917 bits per heavy atom. The maximum Gasteiger partial charge on any atom is 0.307 e. The van der Waals surface area contributed by atoms with Gasteiger partial charge in [-0.2, -0.15) is 0 Å². The number of carboxylic acid groups (broad SMARTS) is 2. The van der Waals surface area contributed by atoms with E-state index in [4.69, 9.17) is 10.2 Å². The zero-order valence-corrected chi connectivity index (χ0v) is 9.52. The second kappa shape index (κ2) is 5.53. The van der Waals surface area contributed by atoms with E-state index in [0.717, 1.165) is 0 Å². The van der Waals surface area contributed by atoms with Crippen LogP contribution in [0.4, 0.5) is 0 Å². The van der Waals surface area contributed by atoms with Gasteiger partial charge in [0.1, 0.15) is 0 Å². The lowest BCUT2D eigenvalue weighted by Crippen LogP contribution is -2.37. The predicted molar refractivity (Wildman–Crippen MR) is 52.1 cm³/mol. The molecule has 2 atom stereocenters. The van der Waals surface area contributed by atoms with Crippen molar-refractivity contribution < 1.29 is 19.8 Å². The molecule has 0 bridgehead atoms. The van der Waals surface area contributed by atoms with Crippen molar-refractivity contribution in [3.63, 3.8) is 0 Å². The number of hydrogen-bond acceptors (Lipinski definition) is 2. The molecular formula is C6H10Br2O4. The Bertz CT molecular complexity index is 162. The van der Waals surface area contributed by atoms with Crippen LogP contribution < -0.4 is 0 Å². The van der Waals surface area contributed by atoms with E-state index in [2.05, 4.69) is 0 Å². The van der Waals surface area contributed by atoms with E-state index in [9.17, 15) is 9.59 Å². The monoisotopic (exact) mass is 304 g/mol. The summed E-state index contributed by atoms with van der Waals surface area (Å²) in [5, 5.41) is 16.8. The number of carbonyl (C=O) groups is 2. The molecular weight excluding hydrogens is 296 g/mol. The fourth-order valence-corrected chi connectivity index (χ4v) is 1.09. The van der Waals surface area contributed by atoms with Crippen LogP contribution in [0, 0.1) is 11.8 Å². The number of carboxylic acids is 2. The van der Waals surface area contributed by atoms with E-state index in [0.29, 0.717) is 12.8 Å². The summed E-state index contributed by atoms with van der Waals surface area (Å²) >= 11 is 0. The molecule has 12 heavy (non-hydrogen) atoms. The number of aliphatic carboxylic acids is 2. The van der Waals surface area contributed by atoms with Crippen molar-refractivity contribution in [3.05, 3.63) is 0 Å². The molecule has 4 nitrogen and oxygen atoms in total. The van der Waals surface area contributed by atoms with Gasteiger partial charge in [0.2, 0.25) is 0 Å². The summed E-state index contributed by atoms with van der Waals surface area (Å²) in [6.45, 7) is 0. The zero-order chi connectivity index (χ0) is 7.72. The molecule has 1 saturated carbocycles. The summed E-state index contributed by atoms with van der Waals surface area (Å²) in [6, 6.07) is 0. The smallest absolute Gasteiger partial charge is 0.307 e. The molecule has 0 heterocycles. The molecule has 0 aromatic carbocycles. The highest BCUT2D eigenvalue weighted by Gasteiger charge is 2.41. The standard InChI is InChI=1S/C6H8O4.2BrH/c7-5(8)3-1-2-4(3)6(9)10;;/h3-4H,1-2H2,(H,7,8)(H,9,10);2*1H. The second-order valence-electron chi connectivity index (χ2n) is 2.47. The van der Waals surface area contributed by atoms with Crippen LogP contribution in [0.3, 0.4) is 0 Å². The van der Waals surface area contributed by atoms with E-state index in [1.54, 1.807) is 0 Å². The zero-order valence-electron chi connectivity index (χ0n) is 6.10. The fraction of sp³-hybridized carbons (Fsp3) is 0.667. The Hall–Kier alpha value is -0.100. The molecule has 0 amide bonds. The summed E-state index contributed by atoms with van der Waals surface area (Å²) in [5.41, 5.74) is 0. The Labute approximate surface area is 90.5 Å². The molecule has 0 radical (unpaired) electrons. The van der Waals surface area contributed by atoms with Crippen LogP contribution in [0.5, 0.6) is 0 Å². The van der Waals surface area contributed by atoms with Gasteiger partial charge in [0.25, 0.3) is 0 Å². The maximum atomic E-state index is 10.2. The first-order valence-electron chi connectivity index (χ1n) is 3.08. The van der Waals surface area contributed by atoms with Gasteiger partial charge in [0.05, 0.1) is 11.8 Å². The van der Waals surface area contributed by atoms with Gasteiger partial charge in [-0.15, -0.1) is 34.0 Å². The van der Waals surface area contributed by atoms with E-state index in [1.165, 1.54) is 0 Å². The van der Waals surface area contributed by atoms with E-state index in [-0.39, 0.29) is 34.0 Å². The molecule has 2 unspecified atom stereocenters. The van der Waals surface area contributed by atoms with E-state index in [1.807, 2.05) is 0 Å². The first-order chi connectivity index (χ1) is 4.63. The van der Waals surface area contributed by atoms with Crippen LogP contribution in [-0.4, -0.2) is 22.2 Å². The second-order valence-corrected chi connectivity index (χ2v) is 2.47. The summed E-state index contributed by atoms with van der Waals surface area (Å²) in [7, 11) is 0. The topological polar surface area (TPSA) is 74.6 Å². The Morgan fingerprint density at radius 2 is 1.17 bits per heavy atom. The summed E-state index contributed by atoms with van der Waals surface area (Å²) in [5.74, 6) is -3.26. The number of hydrogen-bond donors (Lipinski definition) is 2. The van der Waals surface area contributed by atoms with Crippen molar-refractivity contribution in [2.45, 2.75) is 12.8 Å². The molecule has 0 spiro atoms. The van der Waals surface area contributed by atoms with Crippen LogP contribution in [0.1, 0.15) is 12.8 Å². The number of halogens is 2. The average Bonchev–Trinajstić information content (AvgIpc) is 1.56. The van der Waals surface area contributed by atoms with E-state index >= 15 is 0 Å². The van der Waals surface area contributed by atoms with Crippen molar-refractivity contribution >= 4 is 45.9 Å². The van der Waals surface area contributed by atoms with Gasteiger partial charge in [0, 0.05) is 0 Å². The molecule has 6 heteroatoms. The third-order valence-electron chi connectivity index (χ3n) is 1.91. The highest BCUT2D eigenvalue weighted by molar-refractivity contribution is 8.93. The Balaban J connectivity index is 0. The Kier molecular flexibility index (Phi) is 6.65. The molecule has 1 aliphatic rings. The van der Waals surface area contributed by atoms with Crippen LogP contribution in [-0.2, 0) is 9.59 Å². The molecule has 1 fully saturated rings. The predicted octanol–water partition coefficient (Wildman–Crippen LogP) is 1.34. The lowest BCUT2D eigenvalue weighted by atomic mass is 9.74. The van der Waals surface area contributed by atoms with Gasteiger partial charge in [-0.3, -0.25) is 9.59 Å². The van der Waals surface area contributed by atoms with Crippen LogP contribution in [0.15, 0.2) is 0 Å². The lowest BCUT2D eigenvalue weighted by Gasteiger charge is -2.29. The van der Waals surface area contributed by atoms with Gasteiger partial charge in [-0.25, -0.2) is 0 Å². The van der Waals surface area contributed by atoms with Crippen molar-refractivity contribution in [1.29, 1.82) is 0 Å². The van der Waals surface area contributed by atoms with E-state index < -0.39 is 23.8 Å². The molecule has 2 N–H and O–H groups in total. The minimum absolute atomic E-state index is 0. The summed E-state index contributed by atoms with van der Waals surface area (Å²) < 4.78 is 0. The lowest BCUT2D eigenvalue weighted by molar-refractivity contribution is -0.160. The van der Waals surface area contributed by atoms with Gasteiger partial charge in [-0.05, 0) is 12.8 Å². The van der Waals surface area contributed by atoms with Gasteiger partial charge in [-0.1, -0.05) is 0 Å². The maximum absolute atomic E-state index is 10.2. The summed E-state index contributed by atoms with van der Waals surface area (Å²) in [6.07, 6.45) is 1.01. The average molecular weight is 306 g/mol. The first-order valence-corrected chi connectivity index (χ1v) is 3.08. The van der Waals surface area contributed by atoms with Gasteiger partial charge in [0.15, 0.2) is 0 Å². The third kappa shape index (κ3) is 2.75. The third-order valence-corrected chi connectivity index (χ3v) is 1.91. The van der Waals surface area contributed by atoms with Crippen LogP contribution >= 0.6 is 34.0 Å². The molecule has 0 aliphatic heterocycles. The minimum Gasteiger partial charge on any atom is -0.481 e. The molecule has 1 rings (SSSR count). The van der Waals surface area contributed by atoms with Crippen molar-refractivity contribution in [3.8, 4) is 0 Å². The van der Waals surface area contributed by atoms with Crippen LogP contribution in [0.2, 0.25) is 0 Å². The highest BCUT2D eigenvalue weighted by Crippen LogP contribution is 2.34. The molecule has 0 aromatic heterocycles. The molecule has 1 aliphatic carbocycles. The first kappa shape index (κ1) is 14.4. The SMILES string of the molecule is Br.Br.O=C(O)C1CCC1C(=O)O. The summed E-state index contributed by atoms with van der Waals surface area (Å²) in [4.78, 5) is 20.5. The Morgan fingerprint density at radius 3 is 1.25 bits per heavy atom. The normalized spacial score (nSPS) is 25.7. The molecule has 0 aromatic rings. The van der Waals surface area contributed by atoms with Crippen LogP contribution in [0.25, 0.3) is 0 Å². The fourth-order valence-electron chi connectivity index (χ4n) is 1.09. The molecule has 72 valence electrons. The van der Waals surface area contributed by atoms with Gasteiger partial charge < -0.3 is 10.2 Å². The van der Waals surface area contributed by atoms with Crippen molar-refractivity contribution in [2.24, 2.45) is 11.8 Å². The van der Waals surface area contributed by atoms with Gasteiger partial charge >= 0.3 is 11.9 Å².